The standard InChI is InChI=1S/C13H13ClFN3/c14-11-6-5-8(15)7-10(11)13(18-17)9-3-1-2-4-12(9)16/h1-7,13,18H,16-17H2. The molecule has 2 rings (SSSR count). The van der Waals surface area contributed by atoms with Gasteiger partial charge in [-0.1, -0.05) is 29.8 Å². The van der Waals surface area contributed by atoms with E-state index in [1.807, 2.05) is 18.2 Å². The highest BCUT2D eigenvalue weighted by Gasteiger charge is 2.18. The number of nitrogens with one attached hydrogen (secondary N) is 1. The van der Waals surface area contributed by atoms with E-state index in [1.54, 1.807) is 6.07 Å². The van der Waals surface area contributed by atoms with Crippen LogP contribution in [0.1, 0.15) is 17.2 Å². The normalized spacial score (nSPS) is 12.4. The van der Waals surface area contributed by atoms with Crippen molar-refractivity contribution in [2.45, 2.75) is 6.04 Å². The van der Waals surface area contributed by atoms with Crippen molar-refractivity contribution >= 4 is 17.3 Å². The van der Waals surface area contributed by atoms with E-state index in [1.165, 1.54) is 18.2 Å². The van der Waals surface area contributed by atoms with Gasteiger partial charge >= 0.3 is 0 Å². The highest BCUT2D eigenvalue weighted by atomic mass is 35.5. The fraction of sp³-hybridized carbons (Fsp3) is 0.0769. The Morgan fingerprint density at radius 3 is 2.50 bits per heavy atom. The number of benzene rings is 2. The van der Waals surface area contributed by atoms with E-state index in [2.05, 4.69) is 5.43 Å². The molecular weight excluding hydrogens is 253 g/mol. The van der Waals surface area contributed by atoms with Gasteiger partial charge < -0.3 is 5.73 Å². The average Bonchev–Trinajstić information content (AvgIpc) is 2.36. The molecule has 18 heavy (non-hydrogen) atoms. The molecule has 0 spiro atoms. The van der Waals surface area contributed by atoms with E-state index in [4.69, 9.17) is 23.2 Å². The van der Waals surface area contributed by atoms with Gasteiger partial charge in [-0.2, -0.15) is 0 Å². The van der Waals surface area contributed by atoms with E-state index in [0.717, 1.165) is 5.56 Å². The molecule has 0 heterocycles. The second-order valence-corrected chi connectivity index (χ2v) is 4.30. The lowest BCUT2D eigenvalue weighted by molar-refractivity contribution is 0.606. The summed E-state index contributed by atoms with van der Waals surface area (Å²) in [6.07, 6.45) is 0. The van der Waals surface area contributed by atoms with Crippen molar-refractivity contribution in [3.63, 3.8) is 0 Å². The Hall–Kier alpha value is -1.62. The molecular formula is C13H13ClFN3. The van der Waals surface area contributed by atoms with Crippen LogP contribution >= 0.6 is 11.6 Å². The van der Waals surface area contributed by atoms with Crippen LogP contribution in [0, 0.1) is 5.82 Å². The zero-order valence-electron chi connectivity index (χ0n) is 9.53. The molecule has 5 heteroatoms. The van der Waals surface area contributed by atoms with Crippen LogP contribution in [0.5, 0.6) is 0 Å². The van der Waals surface area contributed by atoms with Crippen LogP contribution < -0.4 is 17.0 Å². The number of anilines is 1. The molecule has 0 bridgehead atoms. The molecule has 5 N–H and O–H groups in total. The molecule has 0 aliphatic rings. The lowest BCUT2D eigenvalue weighted by atomic mass is 9.97. The highest BCUT2D eigenvalue weighted by Crippen LogP contribution is 2.31. The summed E-state index contributed by atoms with van der Waals surface area (Å²) in [7, 11) is 0. The molecule has 1 atom stereocenters. The number of hydrogen-bond donors (Lipinski definition) is 3. The molecule has 2 aromatic carbocycles. The van der Waals surface area contributed by atoms with Crippen LogP contribution in [-0.2, 0) is 0 Å². The van der Waals surface area contributed by atoms with E-state index in [0.29, 0.717) is 16.3 Å². The number of rotatable bonds is 3. The smallest absolute Gasteiger partial charge is 0.123 e. The first-order valence-electron chi connectivity index (χ1n) is 5.39. The van der Waals surface area contributed by atoms with Gasteiger partial charge in [-0.15, -0.1) is 0 Å². The second-order valence-electron chi connectivity index (χ2n) is 3.89. The van der Waals surface area contributed by atoms with Gasteiger partial charge in [0.25, 0.3) is 0 Å². The first-order valence-corrected chi connectivity index (χ1v) is 5.76. The molecule has 0 saturated heterocycles. The number of hydrazine groups is 1. The fourth-order valence-corrected chi connectivity index (χ4v) is 2.08. The zero-order valence-corrected chi connectivity index (χ0v) is 10.3. The molecule has 0 saturated carbocycles. The molecule has 3 nitrogen and oxygen atoms in total. The number of para-hydroxylation sites is 1. The SMILES string of the molecule is NNC(c1ccccc1N)c1cc(F)ccc1Cl. The largest absolute Gasteiger partial charge is 0.398 e. The Morgan fingerprint density at radius 1 is 1.11 bits per heavy atom. The van der Waals surface area contributed by atoms with Crippen molar-refractivity contribution in [1.82, 2.24) is 5.43 Å². The van der Waals surface area contributed by atoms with Crippen molar-refractivity contribution in [3.8, 4) is 0 Å². The Kier molecular flexibility index (Phi) is 3.81. The highest BCUT2D eigenvalue weighted by molar-refractivity contribution is 6.31. The van der Waals surface area contributed by atoms with Crippen LogP contribution in [0.4, 0.5) is 10.1 Å². The molecule has 2 aromatic rings. The third-order valence-electron chi connectivity index (χ3n) is 2.74. The monoisotopic (exact) mass is 265 g/mol. The van der Waals surface area contributed by atoms with Gasteiger partial charge in [0.1, 0.15) is 5.82 Å². The van der Waals surface area contributed by atoms with Gasteiger partial charge in [0, 0.05) is 10.7 Å². The first-order chi connectivity index (χ1) is 8.63. The maximum atomic E-state index is 13.3. The Bertz CT molecular complexity index is 560. The lowest BCUT2D eigenvalue weighted by Gasteiger charge is -2.19. The molecule has 94 valence electrons. The number of halogens is 2. The molecule has 0 radical (unpaired) electrons. The number of hydrogen-bond acceptors (Lipinski definition) is 3. The Labute approximate surface area is 110 Å². The van der Waals surface area contributed by atoms with E-state index in [-0.39, 0.29) is 5.82 Å². The summed E-state index contributed by atoms with van der Waals surface area (Å²) in [6.45, 7) is 0. The van der Waals surface area contributed by atoms with Gasteiger partial charge in [-0.3, -0.25) is 5.84 Å². The molecule has 0 aromatic heterocycles. The fourth-order valence-electron chi connectivity index (χ4n) is 1.86. The van der Waals surface area contributed by atoms with Crippen LogP contribution in [0.25, 0.3) is 0 Å². The maximum Gasteiger partial charge on any atom is 0.123 e. The van der Waals surface area contributed by atoms with Crippen molar-refractivity contribution < 1.29 is 4.39 Å². The summed E-state index contributed by atoms with van der Waals surface area (Å²) in [4.78, 5) is 0. The van der Waals surface area contributed by atoms with E-state index < -0.39 is 6.04 Å². The van der Waals surface area contributed by atoms with Gasteiger partial charge in [0.2, 0.25) is 0 Å². The van der Waals surface area contributed by atoms with Crippen molar-refractivity contribution in [3.05, 3.63) is 64.4 Å². The van der Waals surface area contributed by atoms with Crippen molar-refractivity contribution in [1.29, 1.82) is 0 Å². The lowest BCUT2D eigenvalue weighted by Crippen LogP contribution is -2.29. The topological polar surface area (TPSA) is 64.1 Å². The van der Waals surface area contributed by atoms with Crippen LogP contribution in [0.2, 0.25) is 5.02 Å². The van der Waals surface area contributed by atoms with Crippen LogP contribution in [0.15, 0.2) is 42.5 Å². The van der Waals surface area contributed by atoms with Crippen molar-refractivity contribution in [2.24, 2.45) is 5.84 Å². The summed E-state index contributed by atoms with van der Waals surface area (Å²) in [5.41, 5.74) is 10.4. The summed E-state index contributed by atoms with van der Waals surface area (Å²) < 4.78 is 13.3. The van der Waals surface area contributed by atoms with Gasteiger partial charge in [-0.05, 0) is 35.4 Å². The average molecular weight is 266 g/mol. The van der Waals surface area contributed by atoms with Gasteiger partial charge in [0.15, 0.2) is 0 Å². The Balaban J connectivity index is 2.52. The summed E-state index contributed by atoms with van der Waals surface area (Å²) in [6, 6.07) is 10.9. The van der Waals surface area contributed by atoms with Gasteiger partial charge in [0.05, 0.1) is 6.04 Å². The second kappa shape index (κ2) is 5.35. The number of nitrogens with two attached hydrogens (primary N) is 2. The third kappa shape index (κ3) is 2.46. The predicted molar refractivity (Wildman–Crippen MR) is 71.4 cm³/mol. The van der Waals surface area contributed by atoms with E-state index in [9.17, 15) is 4.39 Å². The molecule has 0 fully saturated rings. The zero-order chi connectivity index (χ0) is 13.1. The summed E-state index contributed by atoms with van der Waals surface area (Å²) in [5.74, 6) is 5.17. The van der Waals surface area contributed by atoms with E-state index >= 15 is 0 Å². The molecule has 1 unspecified atom stereocenters. The first kappa shape index (κ1) is 12.8. The summed E-state index contributed by atoms with van der Waals surface area (Å²) in [5, 5.41) is 0.433. The van der Waals surface area contributed by atoms with Crippen LogP contribution in [0.3, 0.4) is 0 Å². The molecule has 0 aliphatic heterocycles. The van der Waals surface area contributed by atoms with Gasteiger partial charge in [-0.25, -0.2) is 9.82 Å². The predicted octanol–water partition coefficient (Wildman–Crippen LogP) is 2.61. The minimum Gasteiger partial charge on any atom is -0.398 e. The third-order valence-corrected chi connectivity index (χ3v) is 3.09. The number of nitrogen functional groups attached to an aromatic ring is 1. The maximum absolute atomic E-state index is 13.3. The molecule has 0 amide bonds. The minimum absolute atomic E-state index is 0.371. The van der Waals surface area contributed by atoms with Crippen molar-refractivity contribution in [2.75, 3.05) is 5.73 Å². The summed E-state index contributed by atoms with van der Waals surface area (Å²) >= 11 is 6.07. The van der Waals surface area contributed by atoms with Crippen LogP contribution in [-0.4, -0.2) is 0 Å². The minimum atomic E-state index is -0.450. The quantitative estimate of drug-likeness (QED) is 0.454. The molecule has 0 aliphatic carbocycles. The Morgan fingerprint density at radius 2 is 1.83 bits per heavy atom.